The number of fused-ring (bicyclic) bond motifs is 1. The van der Waals surface area contributed by atoms with E-state index in [0.717, 1.165) is 26.9 Å². The van der Waals surface area contributed by atoms with Crippen LogP contribution in [-0.4, -0.2) is 14.5 Å². The van der Waals surface area contributed by atoms with Crippen molar-refractivity contribution >= 4 is 38.7 Å². The van der Waals surface area contributed by atoms with Gasteiger partial charge in [0, 0.05) is 22.0 Å². The van der Waals surface area contributed by atoms with Crippen LogP contribution in [0.5, 0.6) is 0 Å². The van der Waals surface area contributed by atoms with Gasteiger partial charge in [-0.05, 0) is 47.9 Å². The van der Waals surface area contributed by atoms with E-state index in [2.05, 4.69) is 33.0 Å². The van der Waals surface area contributed by atoms with E-state index in [0.29, 0.717) is 21.9 Å². The standard InChI is InChI=1S/C26H20BrN3OS/c1-17-6-5-9-21(14-17)30-25(31)24-23(22(15-28-24)19-7-3-2-4-8-19)29-26(30)32-16-18-10-12-20(27)13-11-18/h2-15,28H,16H2,1H3. The van der Waals surface area contributed by atoms with Crippen LogP contribution in [0.1, 0.15) is 11.1 Å². The van der Waals surface area contributed by atoms with Crippen LogP contribution >= 0.6 is 27.7 Å². The number of nitrogens with one attached hydrogen (secondary N) is 1. The second kappa shape index (κ2) is 8.81. The largest absolute Gasteiger partial charge is 0.355 e. The summed E-state index contributed by atoms with van der Waals surface area (Å²) >= 11 is 5.05. The third-order valence-corrected chi connectivity index (χ3v) is 6.83. The third kappa shape index (κ3) is 4.04. The number of thioether (sulfide) groups is 1. The van der Waals surface area contributed by atoms with E-state index in [9.17, 15) is 4.79 Å². The predicted molar refractivity (Wildman–Crippen MR) is 136 cm³/mol. The molecule has 0 unspecified atom stereocenters. The Morgan fingerprint density at radius 2 is 1.78 bits per heavy atom. The van der Waals surface area contributed by atoms with Crippen molar-refractivity contribution in [3.63, 3.8) is 0 Å². The predicted octanol–water partition coefficient (Wildman–Crippen LogP) is 6.74. The fourth-order valence-electron chi connectivity index (χ4n) is 3.70. The molecule has 2 aromatic heterocycles. The molecule has 3 aromatic carbocycles. The molecule has 2 heterocycles. The van der Waals surface area contributed by atoms with Crippen molar-refractivity contribution in [1.29, 1.82) is 0 Å². The van der Waals surface area contributed by atoms with Crippen LogP contribution in [-0.2, 0) is 5.75 Å². The van der Waals surface area contributed by atoms with Crippen LogP contribution in [0.15, 0.2) is 99.5 Å². The summed E-state index contributed by atoms with van der Waals surface area (Å²) in [7, 11) is 0. The van der Waals surface area contributed by atoms with Crippen LogP contribution < -0.4 is 5.56 Å². The lowest BCUT2D eigenvalue weighted by molar-refractivity contribution is 0.817. The minimum absolute atomic E-state index is 0.0962. The average molecular weight is 502 g/mol. The molecule has 0 fully saturated rings. The lowest BCUT2D eigenvalue weighted by atomic mass is 10.1. The molecule has 0 aliphatic rings. The van der Waals surface area contributed by atoms with Crippen LogP contribution in [0.25, 0.3) is 27.8 Å². The molecule has 1 N–H and O–H groups in total. The first-order valence-corrected chi connectivity index (χ1v) is 12.0. The van der Waals surface area contributed by atoms with Gasteiger partial charge in [-0.15, -0.1) is 0 Å². The number of hydrogen-bond donors (Lipinski definition) is 1. The van der Waals surface area contributed by atoms with Crippen molar-refractivity contribution in [2.75, 3.05) is 0 Å². The van der Waals surface area contributed by atoms with Gasteiger partial charge >= 0.3 is 0 Å². The highest BCUT2D eigenvalue weighted by molar-refractivity contribution is 9.10. The van der Waals surface area contributed by atoms with Crippen LogP contribution in [0.2, 0.25) is 0 Å². The zero-order chi connectivity index (χ0) is 22.1. The summed E-state index contributed by atoms with van der Waals surface area (Å²) in [5, 5.41) is 0.674. The summed E-state index contributed by atoms with van der Waals surface area (Å²) in [6, 6.07) is 26.2. The van der Waals surface area contributed by atoms with Crippen LogP contribution in [0, 0.1) is 6.92 Å². The number of halogens is 1. The second-order valence-electron chi connectivity index (χ2n) is 7.58. The molecule has 0 aliphatic heterocycles. The number of benzene rings is 3. The quantitative estimate of drug-likeness (QED) is 0.214. The van der Waals surface area contributed by atoms with E-state index < -0.39 is 0 Å². The van der Waals surface area contributed by atoms with Gasteiger partial charge in [-0.1, -0.05) is 82.3 Å². The van der Waals surface area contributed by atoms with Gasteiger partial charge in [0.15, 0.2) is 5.16 Å². The summed E-state index contributed by atoms with van der Waals surface area (Å²) in [5.74, 6) is 0.710. The number of hydrogen-bond acceptors (Lipinski definition) is 3. The summed E-state index contributed by atoms with van der Waals surface area (Å²) < 4.78 is 2.76. The second-order valence-corrected chi connectivity index (χ2v) is 9.44. The average Bonchev–Trinajstić information content (AvgIpc) is 3.24. The molecular formula is C26H20BrN3OS. The molecule has 0 bridgehead atoms. The Bertz CT molecular complexity index is 1460. The fourth-order valence-corrected chi connectivity index (χ4v) is 4.92. The van der Waals surface area contributed by atoms with Gasteiger partial charge in [0.25, 0.3) is 5.56 Å². The first kappa shape index (κ1) is 20.8. The molecule has 5 aromatic rings. The highest BCUT2D eigenvalue weighted by atomic mass is 79.9. The highest BCUT2D eigenvalue weighted by Gasteiger charge is 2.18. The Labute approximate surface area is 198 Å². The molecule has 4 nitrogen and oxygen atoms in total. The first-order chi connectivity index (χ1) is 15.6. The lowest BCUT2D eigenvalue weighted by Crippen LogP contribution is -2.22. The van der Waals surface area contributed by atoms with E-state index in [1.165, 1.54) is 5.56 Å². The van der Waals surface area contributed by atoms with Crippen molar-refractivity contribution in [2.45, 2.75) is 17.8 Å². The van der Waals surface area contributed by atoms with Crippen molar-refractivity contribution in [3.8, 4) is 16.8 Å². The summed E-state index contributed by atoms with van der Waals surface area (Å²) in [4.78, 5) is 21.8. The number of H-pyrrole nitrogens is 1. The van der Waals surface area contributed by atoms with Crippen molar-refractivity contribution in [2.24, 2.45) is 0 Å². The van der Waals surface area contributed by atoms with Gasteiger partial charge < -0.3 is 4.98 Å². The number of rotatable bonds is 5. The van der Waals surface area contributed by atoms with E-state index >= 15 is 0 Å². The molecule has 0 atom stereocenters. The Morgan fingerprint density at radius 3 is 2.53 bits per heavy atom. The van der Waals surface area contributed by atoms with Crippen LogP contribution in [0.3, 0.4) is 0 Å². The molecule has 0 spiro atoms. The maximum atomic E-state index is 13.6. The zero-order valence-electron chi connectivity index (χ0n) is 17.4. The molecule has 0 saturated heterocycles. The van der Waals surface area contributed by atoms with Gasteiger partial charge in [0.2, 0.25) is 0 Å². The molecule has 5 rings (SSSR count). The van der Waals surface area contributed by atoms with Gasteiger partial charge in [0.1, 0.15) is 11.0 Å². The monoisotopic (exact) mass is 501 g/mol. The van der Waals surface area contributed by atoms with E-state index in [1.807, 2.05) is 79.9 Å². The maximum absolute atomic E-state index is 13.6. The molecule has 0 saturated carbocycles. The van der Waals surface area contributed by atoms with Gasteiger partial charge in [-0.2, -0.15) is 0 Å². The molecule has 0 amide bonds. The van der Waals surface area contributed by atoms with Gasteiger partial charge in [0.05, 0.1) is 5.69 Å². The van der Waals surface area contributed by atoms with E-state index in [4.69, 9.17) is 4.98 Å². The minimum Gasteiger partial charge on any atom is -0.355 e. The molecular weight excluding hydrogens is 482 g/mol. The van der Waals surface area contributed by atoms with Gasteiger partial charge in [-0.25, -0.2) is 4.98 Å². The van der Waals surface area contributed by atoms with E-state index in [1.54, 1.807) is 16.3 Å². The Balaban J connectivity index is 1.67. The zero-order valence-corrected chi connectivity index (χ0v) is 19.8. The smallest absolute Gasteiger partial charge is 0.283 e. The third-order valence-electron chi connectivity index (χ3n) is 5.29. The minimum atomic E-state index is -0.0962. The SMILES string of the molecule is Cc1cccc(-n2c(SCc3ccc(Br)cc3)nc3c(-c4ccccc4)c[nH]c3c2=O)c1. The number of aryl methyl sites for hydroxylation is 1. The van der Waals surface area contributed by atoms with E-state index in [-0.39, 0.29) is 5.56 Å². The summed E-state index contributed by atoms with van der Waals surface area (Å²) in [6.07, 6.45) is 1.87. The molecule has 0 radical (unpaired) electrons. The number of aromatic nitrogens is 3. The Hall–Kier alpha value is -3.09. The highest BCUT2D eigenvalue weighted by Crippen LogP contribution is 2.30. The Kier molecular flexibility index (Phi) is 5.72. The summed E-state index contributed by atoms with van der Waals surface area (Å²) in [5.41, 5.74) is 6.15. The molecule has 158 valence electrons. The normalized spacial score (nSPS) is 11.2. The first-order valence-electron chi connectivity index (χ1n) is 10.2. The van der Waals surface area contributed by atoms with Crippen molar-refractivity contribution in [1.82, 2.24) is 14.5 Å². The van der Waals surface area contributed by atoms with Gasteiger partial charge in [-0.3, -0.25) is 9.36 Å². The molecule has 0 aliphatic carbocycles. The molecule has 6 heteroatoms. The summed E-state index contributed by atoms with van der Waals surface area (Å²) in [6.45, 7) is 2.03. The van der Waals surface area contributed by atoms with Crippen LogP contribution in [0.4, 0.5) is 0 Å². The molecule has 32 heavy (non-hydrogen) atoms. The Morgan fingerprint density at radius 1 is 1.00 bits per heavy atom. The number of nitrogens with zero attached hydrogens (tertiary/aromatic N) is 2. The number of aromatic amines is 1. The van der Waals surface area contributed by atoms with Crippen molar-refractivity contribution in [3.05, 3.63) is 111 Å². The topological polar surface area (TPSA) is 50.7 Å². The fraction of sp³-hybridized carbons (Fsp3) is 0.0769. The van der Waals surface area contributed by atoms with Crippen molar-refractivity contribution < 1.29 is 0 Å². The lowest BCUT2D eigenvalue weighted by Gasteiger charge is -2.13. The maximum Gasteiger partial charge on any atom is 0.283 e.